The molecule has 0 radical (unpaired) electrons. The van der Waals surface area contributed by atoms with Gasteiger partial charge in [0.25, 0.3) is 0 Å². The Morgan fingerprint density at radius 1 is 0.852 bits per heavy atom. The molecule has 0 bridgehead atoms. The summed E-state index contributed by atoms with van der Waals surface area (Å²) < 4.78 is 57.7. The van der Waals surface area contributed by atoms with E-state index in [-0.39, 0.29) is 16.5 Å². The fourth-order valence-electron chi connectivity index (χ4n) is 4.27. The van der Waals surface area contributed by atoms with E-state index in [2.05, 4.69) is 4.98 Å². The number of rotatable bonds is 0. The molecule has 1 atom stereocenters. The molecule has 4 aromatic rings. The van der Waals surface area contributed by atoms with E-state index < -0.39 is 17.4 Å². The van der Waals surface area contributed by atoms with Crippen molar-refractivity contribution in [1.82, 2.24) is 4.98 Å². The van der Waals surface area contributed by atoms with Gasteiger partial charge in [-0.3, -0.25) is 4.98 Å². The molecule has 1 aliphatic carbocycles. The van der Waals surface area contributed by atoms with Crippen LogP contribution < -0.4 is 0 Å². The van der Waals surface area contributed by atoms with Crippen LogP contribution in [0.5, 0.6) is 0 Å². The lowest BCUT2D eigenvalue weighted by atomic mass is 9.67. The zero-order valence-electron chi connectivity index (χ0n) is 14.2. The van der Waals surface area contributed by atoms with Gasteiger partial charge in [-0.2, -0.15) is 13.2 Å². The SMILES string of the molecule is CC1(C(F)(F)F)c2ccccc2-c2nccc3c2c1cc1c(F)cccc13. The van der Waals surface area contributed by atoms with E-state index in [1.807, 2.05) is 0 Å². The Labute approximate surface area is 152 Å². The summed E-state index contributed by atoms with van der Waals surface area (Å²) in [6, 6.07) is 14.0. The van der Waals surface area contributed by atoms with Crippen LogP contribution in [0.15, 0.2) is 60.8 Å². The highest BCUT2D eigenvalue weighted by Crippen LogP contribution is 2.55. The average molecular weight is 367 g/mol. The van der Waals surface area contributed by atoms with Crippen molar-refractivity contribution in [2.75, 3.05) is 0 Å². The zero-order chi connectivity index (χ0) is 19.0. The summed E-state index contributed by atoms with van der Waals surface area (Å²) in [5.74, 6) is -0.535. The van der Waals surface area contributed by atoms with Crippen LogP contribution in [0.2, 0.25) is 0 Å². The third-order valence-corrected chi connectivity index (χ3v) is 5.68. The number of alkyl halides is 3. The highest BCUT2D eigenvalue weighted by Gasteiger charge is 2.56. The van der Waals surface area contributed by atoms with Crippen molar-refractivity contribution in [3.63, 3.8) is 0 Å². The molecule has 3 aromatic carbocycles. The molecule has 0 N–H and O–H groups in total. The van der Waals surface area contributed by atoms with Crippen molar-refractivity contribution in [3.8, 4) is 11.3 Å². The minimum atomic E-state index is -4.55. The third kappa shape index (κ3) is 1.91. The van der Waals surface area contributed by atoms with Gasteiger partial charge in [-0.1, -0.05) is 36.4 Å². The topological polar surface area (TPSA) is 12.9 Å². The average Bonchev–Trinajstić information content (AvgIpc) is 2.65. The van der Waals surface area contributed by atoms with Gasteiger partial charge in [0.05, 0.1) is 5.69 Å². The molecule has 134 valence electrons. The minimum Gasteiger partial charge on any atom is -0.256 e. The summed E-state index contributed by atoms with van der Waals surface area (Å²) in [5, 5.41) is 1.79. The van der Waals surface area contributed by atoms with E-state index in [1.165, 1.54) is 25.1 Å². The van der Waals surface area contributed by atoms with E-state index in [9.17, 15) is 17.6 Å². The predicted octanol–water partition coefficient (Wildman–Crippen LogP) is 6.38. The van der Waals surface area contributed by atoms with Crippen LogP contribution in [0.25, 0.3) is 32.8 Å². The summed E-state index contributed by atoms with van der Waals surface area (Å²) in [4.78, 5) is 4.39. The van der Waals surface area contributed by atoms with Crippen molar-refractivity contribution < 1.29 is 17.6 Å². The number of fused-ring (bicyclic) bond motifs is 4. The van der Waals surface area contributed by atoms with Gasteiger partial charge in [0.1, 0.15) is 11.2 Å². The summed E-state index contributed by atoms with van der Waals surface area (Å²) >= 11 is 0. The molecule has 1 unspecified atom stereocenters. The van der Waals surface area contributed by atoms with Crippen molar-refractivity contribution in [3.05, 3.63) is 77.7 Å². The third-order valence-electron chi connectivity index (χ3n) is 5.68. The van der Waals surface area contributed by atoms with E-state index in [0.29, 0.717) is 27.4 Å². The van der Waals surface area contributed by atoms with Crippen molar-refractivity contribution in [2.24, 2.45) is 0 Å². The smallest absolute Gasteiger partial charge is 0.256 e. The lowest BCUT2D eigenvalue weighted by molar-refractivity contribution is -0.172. The molecule has 0 amide bonds. The standard InChI is InChI=1S/C22H13F4N/c1-21(22(24,25)26)16-7-3-2-5-14(16)20-19-13(9-10-27-20)12-6-4-8-18(23)15(12)11-17(19)21/h2-11H,1H3. The number of hydrogen-bond donors (Lipinski definition) is 0. The molecule has 1 nitrogen and oxygen atoms in total. The minimum absolute atomic E-state index is 0.0457. The van der Waals surface area contributed by atoms with Crippen molar-refractivity contribution in [1.29, 1.82) is 0 Å². The monoisotopic (exact) mass is 367 g/mol. The Morgan fingerprint density at radius 2 is 1.63 bits per heavy atom. The molecule has 0 saturated heterocycles. The highest BCUT2D eigenvalue weighted by molar-refractivity contribution is 6.14. The summed E-state index contributed by atoms with van der Waals surface area (Å²) in [5.41, 5.74) is -1.10. The number of hydrogen-bond acceptors (Lipinski definition) is 1. The first-order valence-corrected chi connectivity index (χ1v) is 8.51. The second kappa shape index (κ2) is 5.06. The first kappa shape index (κ1) is 16.2. The second-order valence-corrected chi connectivity index (χ2v) is 7.01. The molecule has 5 rings (SSSR count). The number of nitrogens with zero attached hydrogens (tertiary/aromatic N) is 1. The summed E-state index contributed by atoms with van der Waals surface area (Å²) in [7, 11) is 0. The van der Waals surface area contributed by atoms with Crippen LogP contribution in [-0.2, 0) is 5.41 Å². The second-order valence-electron chi connectivity index (χ2n) is 7.01. The Kier molecular flexibility index (Phi) is 3.05. The number of benzene rings is 3. The lowest BCUT2D eigenvalue weighted by Crippen LogP contribution is -2.42. The maximum Gasteiger partial charge on any atom is 0.402 e. The van der Waals surface area contributed by atoms with E-state index in [0.717, 1.165) is 0 Å². The van der Waals surface area contributed by atoms with Crippen LogP contribution >= 0.6 is 0 Å². The Hall–Kier alpha value is -2.95. The van der Waals surface area contributed by atoms with Crippen LogP contribution in [0.4, 0.5) is 17.6 Å². The molecule has 1 aliphatic rings. The van der Waals surface area contributed by atoms with E-state index in [1.54, 1.807) is 42.6 Å². The molecule has 0 fully saturated rings. The molecule has 27 heavy (non-hydrogen) atoms. The zero-order valence-corrected chi connectivity index (χ0v) is 14.2. The Balaban J connectivity index is 2.10. The van der Waals surface area contributed by atoms with Gasteiger partial charge in [-0.25, -0.2) is 4.39 Å². The first-order chi connectivity index (χ1) is 12.8. The first-order valence-electron chi connectivity index (χ1n) is 8.51. The number of halogens is 4. The van der Waals surface area contributed by atoms with Crippen molar-refractivity contribution in [2.45, 2.75) is 18.5 Å². The van der Waals surface area contributed by atoms with Crippen LogP contribution in [0, 0.1) is 5.82 Å². The molecule has 0 aliphatic heterocycles. The van der Waals surface area contributed by atoms with E-state index in [4.69, 9.17) is 0 Å². The van der Waals surface area contributed by atoms with Gasteiger partial charge < -0.3 is 0 Å². The quantitative estimate of drug-likeness (QED) is 0.260. The van der Waals surface area contributed by atoms with Crippen LogP contribution in [-0.4, -0.2) is 11.2 Å². The Morgan fingerprint density at radius 3 is 2.41 bits per heavy atom. The molecule has 5 heteroatoms. The highest BCUT2D eigenvalue weighted by atomic mass is 19.4. The van der Waals surface area contributed by atoms with Crippen molar-refractivity contribution >= 4 is 21.5 Å². The maximum atomic E-state index is 14.5. The molecule has 0 saturated carbocycles. The van der Waals surface area contributed by atoms with Crippen LogP contribution in [0.1, 0.15) is 18.1 Å². The normalized spacial score (nSPS) is 18.7. The van der Waals surface area contributed by atoms with Gasteiger partial charge in [-0.15, -0.1) is 0 Å². The number of pyridine rings is 1. The fourth-order valence-corrected chi connectivity index (χ4v) is 4.27. The predicted molar refractivity (Wildman–Crippen MR) is 97.2 cm³/mol. The number of aromatic nitrogens is 1. The summed E-state index contributed by atoms with van der Waals surface area (Å²) in [6.45, 7) is 1.17. The van der Waals surface area contributed by atoms with Gasteiger partial charge in [0.15, 0.2) is 0 Å². The molecular formula is C22H13F4N. The van der Waals surface area contributed by atoms with Crippen LogP contribution in [0.3, 0.4) is 0 Å². The van der Waals surface area contributed by atoms with Gasteiger partial charge in [-0.05, 0) is 47.0 Å². The molecule has 0 spiro atoms. The molecule has 1 heterocycles. The lowest BCUT2D eigenvalue weighted by Gasteiger charge is -2.39. The van der Waals surface area contributed by atoms with Gasteiger partial charge in [0, 0.05) is 22.5 Å². The largest absolute Gasteiger partial charge is 0.402 e. The molecular weight excluding hydrogens is 354 g/mol. The van der Waals surface area contributed by atoms with E-state index >= 15 is 0 Å². The maximum absolute atomic E-state index is 14.5. The van der Waals surface area contributed by atoms with Gasteiger partial charge >= 0.3 is 6.18 Å². The summed E-state index contributed by atoms with van der Waals surface area (Å²) in [6.07, 6.45) is -2.98. The molecule has 1 aromatic heterocycles. The van der Waals surface area contributed by atoms with Gasteiger partial charge in [0.2, 0.25) is 0 Å². The Bertz CT molecular complexity index is 1240. The fraction of sp³-hybridized carbons (Fsp3) is 0.136.